The van der Waals surface area contributed by atoms with Crippen LogP contribution >= 0.6 is 0 Å². The van der Waals surface area contributed by atoms with Crippen molar-refractivity contribution in [3.05, 3.63) is 77.9 Å². The molecule has 2 aromatic carbocycles. The van der Waals surface area contributed by atoms with E-state index in [1.54, 1.807) is 43.5 Å². The van der Waals surface area contributed by atoms with Crippen LogP contribution in [0.1, 0.15) is 24.0 Å². The number of nitrogens with one attached hydrogen (secondary N) is 1. The maximum atomic E-state index is 12.2. The second kappa shape index (κ2) is 12.1. The van der Waals surface area contributed by atoms with Crippen molar-refractivity contribution >= 4 is 5.91 Å². The first-order chi connectivity index (χ1) is 14.4. The predicted molar refractivity (Wildman–Crippen MR) is 118 cm³/mol. The smallest absolute Gasteiger partial charge is 0.223 e. The number of aromatic hydroxyl groups is 1. The van der Waals surface area contributed by atoms with Crippen molar-refractivity contribution in [2.45, 2.75) is 43.9 Å². The van der Waals surface area contributed by atoms with Crippen LogP contribution in [0.25, 0.3) is 0 Å². The van der Waals surface area contributed by atoms with Crippen LogP contribution in [0.15, 0.2) is 66.7 Å². The van der Waals surface area contributed by atoms with E-state index in [4.69, 9.17) is 5.73 Å². The number of phenols is 1. The average Bonchev–Trinajstić information content (AvgIpc) is 2.75. The minimum Gasteiger partial charge on any atom is -0.508 e. The molecular weight excluding hydrogens is 380 g/mol. The highest BCUT2D eigenvalue weighted by Crippen LogP contribution is 2.16. The second-order valence-corrected chi connectivity index (χ2v) is 7.57. The van der Waals surface area contributed by atoms with E-state index in [-0.39, 0.29) is 17.6 Å². The molecule has 30 heavy (non-hydrogen) atoms. The standard InChI is InChI=1S/C24H32N2O4/c1-26-24(30)19(14-17-6-3-2-4-7-17)16-21(28)8-5-9-23(29)22(25)15-18-10-12-20(27)13-11-18/h2-8,10-13,19,21-23,27-29H,9,14-16,25H2,1H3,(H,26,30)/b8-5+. The van der Waals surface area contributed by atoms with Crippen molar-refractivity contribution in [1.82, 2.24) is 5.32 Å². The average molecular weight is 413 g/mol. The van der Waals surface area contributed by atoms with Gasteiger partial charge in [0.1, 0.15) is 5.75 Å². The molecule has 1 amide bonds. The van der Waals surface area contributed by atoms with Gasteiger partial charge in [0.05, 0.1) is 12.2 Å². The largest absolute Gasteiger partial charge is 0.508 e. The number of rotatable bonds is 11. The van der Waals surface area contributed by atoms with E-state index in [1.165, 1.54) is 0 Å². The van der Waals surface area contributed by atoms with E-state index in [1.807, 2.05) is 30.3 Å². The van der Waals surface area contributed by atoms with Crippen LogP contribution in [-0.2, 0) is 17.6 Å². The molecule has 6 heteroatoms. The van der Waals surface area contributed by atoms with Crippen molar-refractivity contribution in [1.29, 1.82) is 0 Å². The SMILES string of the molecule is CNC(=O)C(Cc1ccccc1)CC(O)/C=C/CC(O)C(N)Cc1ccc(O)cc1. The molecule has 0 aliphatic carbocycles. The number of benzene rings is 2. The van der Waals surface area contributed by atoms with Crippen LogP contribution in [0, 0.1) is 5.92 Å². The highest BCUT2D eigenvalue weighted by atomic mass is 16.3. The number of amides is 1. The van der Waals surface area contributed by atoms with Gasteiger partial charge in [-0.3, -0.25) is 4.79 Å². The van der Waals surface area contributed by atoms with Crippen LogP contribution in [0.3, 0.4) is 0 Å². The van der Waals surface area contributed by atoms with E-state index in [0.717, 1.165) is 11.1 Å². The molecule has 162 valence electrons. The minimum absolute atomic E-state index is 0.109. The van der Waals surface area contributed by atoms with Crippen LogP contribution < -0.4 is 11.1 Å². The number of aliphatic hydroxyl groups excluding tert-OH is 2. The Kier molecular flexibility index (Phi) is 9.54. The third-order valence-electron chi connectivity index (χ3n) is 5.11. The summed E-state index contributed by atoms with van der Waals surface area (Å²) in [6.45, 7) is 0. The zero-order valence-electron chi connectivity index (χ0n) is 17.3. The Bertz CT molecular complexity index is 793. The van der Waals surface area contributed by atoms with E-state index < -0.39 is 18.2 Å². The Morgan fingerprint density at radius 2 is 1.67 bits per heavy atom. The van der Waals surface area contributed by atoms with Crippen molar-refractivity contribution in [2.75, 3.05) is 7.05 Å². The Labute approximate surface area is 178 Å². The van der Waals surface area contributed by atoms with E-state index in [9.17, 15) is 20.1 Å². The zero-order chi connectivity index (χ0) is 21.9. The van der Waals surface area contributed by atoms with Gasteiger partial charge >= 0.3 is 0 Å². The van der Waals surface area contributed by atoms with Gasteiger partial charge in [-0.25, -0.2) is 0 Å². The molecule has 0 saturated heterocycles. The molecule has 0 saturated carbocycles. The maximum absolute atomic E-state index is 12.2. The molecule has 0 fully saturated rings. The normalized spacial score (nSPS) is 15.5. The minimum atomic E-state index is -0.795. The molecule has 6 N–H and O–H groups in total. The van der Waals surface area contributed by atoms with Gasteiger partial charge in [0, 0.05) is 19.0 Å². The molecule has 0 heterocycles. The van der Waals surface area contributed by atoms with Gasteiger partial charge in [-0.15, -0.1) is 0 Å². The second-order valence-electron chi connectivity index (χ2n) is 7.57. The Morgan fingerprint density at radius 3 is 2.30 bits per heavy atom. The maximum Gasteiger partial charge on any atom is 0.223 e. The van der Waals surface area contributed by atoms with Gasteiger partial charge < -0.3 is 26.4 Å². The Morgan fingerprint density at radius 1 is 1.03 bits per heavy atom. The summed E-state index contributed by atoms with van der Waals surface area (Å²) in [6, 6.07) is 16.0. The zero-order valence-corrected chi connectivity index (χ0v) is 17.3. The third kappa shape index (κ3) is 7.99. The number of aliphatic hydroxyl groups is 2. The van der Waals surface area contributed by atoms with Crippen molar-refractivity contribution in [3.63, 3.8) is 0 Å². The lowest BCUT2D eigenvalue weighted by Gasteiger charge is -2.19. The molecule has 0 radical (unpaired) electrons. The molecule has 0 aromatic heterocycles. The molecular formula is C24H32N2O4. The van der Waals surface area contributed by atoms with Crippen LogP contribution in [0.5, 0.6) is 5.75 Å². The monoisotopic (exact) mass is 412 g/mol. The summed E-state index contributed by atoms with van der Waals surface area (Å²) in [5.41, 5.74) is 8.03. The number of hydrogen-bond donors (Lipinski definition) is 5. The molecule has 0 bridgehead atoms. The van der Waals surface area contributed by atoms with E-state index in [0.29, 0.717) is 25.7 Å². The van der Waals surface area contributed by atoms with Crippen molar-refractivity contribution < 1.29 is 20.1 Å². The molecule has 6 nitrogen and oxygen atoms in total. The van der Waals surface area contributed by atoms with Crippen molar-refractivity contribution in [3.8, 4) is 5.75 Å². The summed E-state index contributed by atoms with van der Waals surface area (Å²) in [4.78, 5) is 12.2. The Hall–Kier alpha value is -2.67. The van der Waals surface area contributed by atoms with Gasteiger partial charge in [0.25, 0.3) is 0 Å². The molecule has 0 spiro atoms. The lowest BCUT2D eigenvalue weighted by atomic mass is 9.92. The summed E-state index contributed by atoms with van der Waals surface area (Å²) < 4.78 is 0. The summed E-state index contributed by atoms with van der Waals surface area (Å²) in [7, 11) is 1.59. The van der Waals surface area contributed by atoms with Gasteiger partial charge in [-0.2, -0.15) is 0 Å². The first-order valence-electron chi connectivity index (χ1n) is 10.2. The summed E-state index contributed by atoms with van der Waals surface area (Å²) >= 11 is 0. The number of hydrogen-bond acceptors (Lipinski definition) is 5. The topological polar surface area (TPSA) is 116 Å². The molecule has 2 rings (SSSR count). The first-order valence-corrected chi connectivity index (χ1v) is 10.2. The number of nitrogens with two attached hydrogens (primary N) is 1. The molecule has 4 unspecified atom stereocenters. The predicted octanol–water partition coefficient (Wildman–Crippen LogP) is 1.93. The van der Waals surface area contributed by atoms with E-state index >= 15 is 0 Å². The summed E-state index contributed by atoms with van der Waals surface area (Å²) in [5.74, 6) is -0.270. The fourth-order valence-electron chi connectivity index (χ4n) is 3.35. The summed E-state index contributed by atoms with van der Waals surface area (Å²) in [5, 5.41) is 32.6. The van der Waals surface area contributed by atoms with Gasteiger partial charge in [-0.1, -0.05) is 54.6 Å². The van der Waals surface area contributed by atoms with Gasteiger partial charge in [0.15, 0.2) is 0 Å². The highest BCUT2D eigenvalue weighted by molar-refractivity contribution is 5.78. The third-order valence-corrected chi connectivity index (χ3v) is 5.11. The summed E-state index contributed by atoms with van der Waals surface area (Å²) in [6.07, 6.45) is 3.38. The molecule has 2 aromatic rings. The molecule has 4 atom stereocenters. The number of carbonyl (C=O) groups is 1. The van der Waals surface area contributed by atoms with Crippen LogP contribution in [-0.4, -0.2) is 46.5 Å². The van der Waals surface area contributed by atoms with Gasteiger partial charge in [0.2, 0.25) is 5.91 Å². The van der Waals surface area contributed by atoms with Crippen molar-refractivity contribution in [2.24, 2.45) is 11.7 Å². The Balaban J connectivity index is 1.84. The first kappa shape index (κ1) is 23.6. The lowest BCUT2D eigenvalue weighted by Crippen LogP contribution is -2.36. The number of carbonyl (C=O) groups excluding carboxylic acids is 1. The fourth-order valence-corrected chi connectivity index (χ4v) is 3.35. The quantitative estimate of drug-likeness (QED) is 0.362. The van der Waals surface area contributed by atoms with E-state index in [2.05, 4.69) is 5.32 Å². The van der Waals surface area contributed by atoms with Crippen LogP contribution in [0.2, 0.25) is 0 Å². The highest BCUT2D eigenvalue weighted by Gasteiger charge is 2.21. The fraction of sp³-hybridized carbons (Fsp3) is 0.375. The number of phenolic OH excluding ortho intramolecular Hbond substituents is 1. The van der Waals surface area contributed by atoms with Crippen LogP contribution in [0.4, 0.5) is 0 Å². The van der Waals surface area contributed by atoms with Gasteiger partial charge in [-0.05, 0) is 48.9 Å². The molecule has 0 aliphatic rings. The lowest BCUT2D eigenvalue weighted by molar-refractivity contribution is -0.125. The molecule has 0 aliphatic heterocycles.